The van der Waals surface area contributed by atoms with Crippen molar-refractivity contribution in [1.82, 2.24) is 0 Å². The van der Waals surface area contributed by atoms with Crippen molar-refractivity contribution in [2.24, 2.45) is 0 Å². The van der Waals surface area contributed by atoms with Crippen LogP contribution in [-0.2, 0) is 19.4 Å². The minimum absolute atomic E-state index is 0.361. The standard InChI is InChI=1S/C11H19O4/c1-6-8-11(14-5,10(3,4)13)15-9(12)7-2/h7H,2,6,8H2,1,3-5H3. The SMILES string of the molecule is C=CC(=O)OC(CCC)(OC)C(C)(C)[O]. The molecule has 0 saturated heterocycles. The number of rotatable bonds is 6. The summed E-state index contributed by atoms with van der Waals surface area (Å²) in [5.74, 6) is -2.07. The maximum Gasteiger partial charge on any atom is 0.332 e. The fourth-order valence-electron chi connectivity index (χ4n) is 1.40. The molecule has 0 aliphatic rings. The van der Waals surface area contributed by atoms with Gasteiger partial charge in [0.1, 0.15) is 0 Å². The molecule has 0 aromatic rings. The Kier molecular flexibility index (Phi) is 4.97. The lowest BCUT2D eigenvalue weighted by molar-refractivity contribution is -0.303. The molecule has 0 amide bonds. The minimum Gasteiger partial charge on any atom is -0.427 e. The number of methoxy groups -OCH3 is 1. The maximum atomic E-state index is 12.0. The number of esters is 1. The van der Waals surface area contributed by atoms with Crippen LogP contribution in [0.3, 0.4) is 0 Å². The highest BCUT2D eigenvalue weighted by Crippen LogP contribution is 2.32. The zero-order chi connectivity index (χ0) is 12.1. The molecule has 1 atom stereocenters. The molecule has 1 unspecified atom stereocenters. The monoisotopic (exact) mass is 215 g/mol. The van der Waals surface area contributed by atoms with Crippen LogP contribution in [0.5, 0.6) is 0 Å². The van der Waals surface area contributed by atoms with Crippen LogP contribution in [0.25, 0.3) is 0 Å². The average Bonchev–Trinajstić information content (AvgIpc) is 2.15. The van der Waals surface area contributed by atoms with E-state index in [1.807, 2.05) is 6.92 Å². The van der Waals surface area contributed by atoms with E-state index in [1.165, 1.54) is 21.0 Å². The van der Waals surface area contributed by atoms with Crippen LogP contribution in [0, 0.1) is 0 Å². The van der Waals surface area contributed by atoms with Crippen LogP contribution >= 0.6 is 0 Å². The average molecular weight is 215 g/mol. The Morgan fingerprint density at radius 1 is 1.47 bits per heavy atom. The molecule has 0 rings (SSSR count). The molecule has 0 heterocycles. The molecule has 0 saturated carbocycles. The molecule has 0 spiro atoms. The number of carbonyl (C=O) groups excluding carboxylic acids is 1. The summed E-state index contributed by atoms with van der Waals surface area (Å²) in [4.78, 5) is 11.1. The zero-order valence-electron chi connectivity index (χ0n) is 9.83. The Balaban J connectivity index is 4.97. The van der Waals surface area contributed by atoms with Gasteiger partial charge in [0.15, 0.2) is 5.60 Å². The Hall–Kier alpha value is -0.870. The van der Waals surface area contributed by atoms with Crippen molar-refractivity contribution in [3.63, 3.8) is 0 Å². The van der Waals surface area contributed by atoms with Gasteiger partial charge < -0.3 is 9.47 Å². The van der Waals surface area contributed by atoms with Crippen molar-refractivity contribution in [3.8, 4) is 0 Å². The van der Waals surface area contributed by atoms with E-state index in [9.17, 15) is 9.90 Å². The van der Waals surface area contributed by atoms with Crippen molar-refractivity contribution in [2.45, 2.75) is 45.0 Å². The third-order valence-corrected chi connectivity index (χ3v) is 2.26. The van der Waals surface area contributed by atoms with Gasteiger partial charge in [0.25, 0.3) is 0 Å². The summed E-state index contributed by atoms with van der Waals surface area (Å²) >= 11 is 0. The summed E-state index contributed by atoms with van der Waals surface area (Å²) in [7, 11) is 1.37. The summed E-state index contributed by atoms with van der Waals surface area (Å²) in [6.45, 7) is 8.05. The molecule has 0 aromatic carbocycles. The number of carbonyl (C=O) groups is 1. The van der Waals surface area contributed by atoms with Gasteiger partial charge in [0.05, 0.1) is 0 Å². The third kappa shape index (κ3) is 3.32. The van der Waals surface area contributed by atoms with Gasteiger partial charge in [-0.3, -0.25) is 0 Å². The first-order valence-corrected chi connectivity index (χ1v) is 4.94. The molecular formula is C11H19O4. The van der Waals surface area contributed by atoms with Crippen LogP contribution in [0.1, 0.15) is 33.6 Å². The Morgan fingerprint density at radius 2 is 2.00 bits per heavy atom. The fourth-order valence-corrected chi connectivity index (χ4v) is 1.40. The molecule has 0 aliphatic carbocycles. The van der Waals surface area contributed by atoms with E-state index in [-0.39, 0.29) is 0 Å². The van der Waals surface area contributed by atoms with E-state index >= 15 is 0 Å². The highest BCUT2D eigenvalue weighted by atomic mass is 16.7. The minimum atomic E-state index is -1.52. The lowest BCUT2D eigenvalue weighted by Gasteiger charge is -2.39. The number of hydrogen-bond donors (Lipinski definition) is 0. The predicted molar refractivity (Wildman–Crippen MR) is 55.7 cm³/mol. The van der Waals surface area contributed by atoms with Crippen molar-refractivity contribution in [3.05, 3.63) is 12.7 Å². The largest absolute Gasteiger partial charge is 0.427 e. The van der Waals surface area contributed by atoms with Crippen LogP contribution in [0.2, 0.25) is 0 Å². The highest BCUT2D eigenvalue weighted by Gasteiger charge is 2.48. The molecule has 0 fully saturated rings. The second kappa shape index (κ2) is 5.28. The van der Waals surface area contributed by atoms with Gasteiger partial charge in [-0.1, -0.05) is 13.5 Å². The molecule has 4 nitrogen and oxygen atoms in total. The Bertz CT molecular complexity index is 229. The van der Waals surface area contributed by atoms with E-state index in [1.54, 1.807) is 0 Å². The van der Waals surface area contributed by atoms with E-state index in [2.05, 4.69) is 6.58 Å². The van der Waals surface area contributed by atoms with Crippen LogP contribution < -0.4 is 0 Å². The number of hydrogen-bond acceptors (Lipinski definition) is 3. The van der Waals surface area contributed by atoms with E-state index in [0.717, 1.165) is 6.08 Å². The van der Waals surface area contributed by atoms with Gasteiger partial charge in [-0.05, 0) is 20.3 Å². The first-order chi connectivity index (χ1) is 6.83. The second-order valence-electron chi connectivity index (χ2n) is 3.84. The van der Waals surface area contributed by atoms with Crippen molar-refractivity contribution < 1.29 is 19.4 Å². The molecule has 87 valence electrons. The van der Waals surface area contributed by atoms with Gasteiger partial charge in [-0.25, -0.2) is 9.90 Å². The fraction of sp³-hybridized carbons (Fsp3) is 0.727. The van der Waals surface area contributed by atoms with Crippen LogP contribution in [0.4, 0.5) is 0 Å². The Morgan fingerprint density at radius 3 is 2.27 bits per heavy atom. The van der Waals surface area contributed by atoms with Gasteiger partial charge in [0, 0.05) is 19.6 Å². The summed E-state index contributed by atoms with van der Waals surface area (Å²) in [5.41, 5.74) is -1.52. The molecule has 15 heavy (non-hydrogen) atoms. The van der Waals surface area contributed by atoms with E-state index in [0.29, 0.717) is 12.8 Å². The summed E-state index contributed by atoms with van der Waals surface area (Å²) < 4.78 is 10.2. The first-order valence-electron chi connectivity index (χ1n) is 4.94. The first kappa shape index (κ1) is 14.1. The van der Waals surface area contributed by atoms with Crippen LogP contribution in [0.15, 0.2) is 12.7 Å². The molecule has 0 bridgehead atoms. The summed E-state index contributed by atoms with van der Waals surface area (Å²) in [6.07, 6.45) is 2.07. The topological polar surface area (TPSA) is 55.4 Å². The van der Waals surface area contributed by atoms with Crippen molar-refractivity contribution in [1.29, 1.82) is 0 Å². The smallest absolute Gasteiger partial charge is 0.332 e. The van der Waals surface area contributed by atoms with Gasteiger partial charge in [0.2, 0.25) is 5.79 Å². The summed E-state index contributed by atoms with van der Waals surface area (Å²) in [5, 5.41) is 12.0. The lowest BCUT2D eigenvalue weighted by atomic mass is 9.93. The van der Waals surface area contributed by atoms with Crippen LogP contribution in [-0.4, -0.2) is 24.5 Å². The highest BCUT2D eigenvalue weighted by molar-refractivity contribution is 5.81. The molecule has 0 aliphatic heterocycles. The maximum absolute atomic E-state index is 12.0. The van der Waals surface area contributed by atoms with Gasteiger partial charge in [-0.2, -0.15) is 0 Å². The molecule has 4 heteroatoms. The second-order valence-corrected chi connectivity index (χ2v) is 3.84. The number of ether oxygens (including phenoxy) is 2. The normalized spacial score (nSPS) is 15.5. The zero-order valence-corrected chi connectivity index (χ0v) is 9.83. The van der Waals surface area contributed by atoms with E-state index in [4.69, 9.17) is 9.47 Å². The quantitative estimate of drug-likeness (QED) is 0.387. The van der Waals surface area contributed by atoms with Gasteiger partial charge >= 0.3 is 5.97 Å². The predicted octanol–water partition coefficient (Wildman–Crippen LogP) is 2.07. The van der Waals surface area contributed by atoms with E-state index < -0.39 is 17.4 Å². The summed E-state index contributed by atoms with van der Waals surface area (Å²) in [6, 6.07) is 0. The Labute approximate surface area is 90.9 Å². The molecule has 1 radical (unpaired) electrons. The molecular weight excluding hydrogens is 196 g/mol. The van der Waals surface area contributed by atoms with Crippen molar-refractivity contribution >= 4 is 5.97 Å². The molecule has 0 N–H and O–H groups in total. The lowest BCUT2D eigenvalue weighted by Crippen LogP contribution is -2.53. The van der Waals surface area contributed by atoms with Gasteiger partial charge in [-0.15, -0.1) is 0 Å². The van der Waals surface area contributed by atoms with Crippen molar-refractivity contribution in [2.75, 3.05) is 7.11 Å². The molecule has 0 aromatic heterocycles. The third-order valence-electron chi connectivity index (χ3n) is 2.26.